The Morgan fingerprint density at radius 2 is 1.89 bits per heavy atom. The summed E-state index contributed by atoms with van der Waals surface area (Å²) in [4.78, 5) is 0. The van der Waals surface area contributed by atoms with Crippen molar-refractivity contribution in [3.8, 4) is 11.5 Å². The lowest BCUT2D eigenvalue weighted by Crippen LogP contribution is -2.26. The van der Waals surface area contributed by atoms with Gasteiger partial charge >= 0.3 is 0 Å². The summed E-state index contributed by atoms with van der Waals surface area (Å²) in [5.41, 5.74) is 6.54. The molecule has 1 aromatic carbocycles. The molecule has 0 aromatic heterocycles. The molecule has 4 heteroatoms. The third-order valence-electron chi connectivity index (χ3n) is 2.73. The summed E-state index contributed by atoms with van der Waals surface area (Å²) in [7, 11) is 0. The van der Waals surface area contributed by atoms with Crippen LogP contribution in [0.3, 0.4) is 0 Å². The van der Waals surface area contributed by atoms with Crippen LogP contribution in [0.25, 0.3) is 6.08 Å². The number of halogens is 1. The van der Waals surface area contributed by atoms with Gasteiger partial charge in [0.25, 0.3) is 0 Å². The molecular weight excluding hydrogens is 294 g/mol. The number of fused-ring (bicyclic) bond motifs is 1. The zero-order valence-electron chi connectivity index (χ0n) is 10.7. The summed E-state index contributed by atoms with van der Waals surface area (Å²) >= 11 is 3.53. The maximum atomic E-state index is 5.83. The molecular formula is C14H18BrNO2. The molecule has 0 bridgehead atoms. The molecule has 0 fully saturated rings. The zero-order valence-corrected chi connectivity index (χ0v) is 12.3. The van der Waals surface area contributed by atoms with E-state index in [2.05, 4.69) is 29.8 Å². The maximum Gasteiger partial charge on any atom is 0.162 e. The molecule has 98 valence electrons. The summed E-state index contributed by atoms with van der Waals surface area (Å²) < 4.78 is 12.6. The lowest BCUT2D eigenvalue weighted by atomic mass is 9.97. The van der Waals surface area contributed by atoms with E-state index in [1.165, 1.54) is 0 Å². The fourth-order valence-corrected chi connectivity index (χ4v) is 2.14. The SMILES string of the molecule is CC1(C)COc2cc(Br)c(/C=C/CN)cc2OC1. The largest absolute Gasteiger partial charge is 0.489 e. The van der Waals surface area contributed by atoms with Gasteiger partial charge in [-0.3, -0.25) is 0 Å². The smallest absolute Gasteiger partial charge is 0.162 e. The van der Waals surface area contributed by atoms with E-state index in [0.717, 1.165) is 21.5 Å². The fraction of sp³-hybridized carbons (Fsp3) is 0.429. The Morgan fingerprint density at radius 3 is 2.50 bits per heavy atom. The van der Waals surface area contributed by atoms with Gasteiger partial charge in [0.15, 0.2) is 11.5 Å². The molecule has 0 atom stereocenters. The molecule has 3 nitrogen and oxygen atoms in total. The minimum atomic E-state index is 0.0265. The first-order valence-electron chi connectivity index (χ1n) is 5.97. The standard InChI is InChI=1S/C14H18BrNO2/c1-14(2)8-17-12-6-10(4-3-5-16)11(15)7-13(12)18-9-14/h3-4,6-7H,5,8-9,16H2,1-2H3/b4-3+. The number of rotatable bonds is 2. The van der Waals surface area contributed by atoms with Gasteiger partial charge in [0.2, 0.25) is 0 Å². The maximum absolute atomic E-state index is 5.83. The highest BCUT2D eigenvalue weighted by Gasteiger charge is 2.25. The van der Waals surface area contributed by atoms with Crippen LogP contribution in [0.15, 0.2) is 22.7 Å². The van der Waals surface area contributed by atoms with Crippen LogP contribution >= 0.6 is 15.9 Å². The summed E-state index contributed by atoms with van der Waals surface area (Å²) in [5.74, 6) is 1.58. The van der Waals surface area contributed by atoms with Gasteiger partial charge in [0, 0.05) is 16.4 Å². The summed E-state index contributed by atoms with van der Waals surface area (Å²) in [6.45, 7) is 6.09. The van der Waals surface area contributed by atoms with Crippen LogP contribution in [0.2, 0.25) is 0 Å². The second-order valence-corrected chi connectivity index (χ2v) is 6.05. The second kappa shape index (κ2) is 5.33. The van der Waals surface area contributed by atoms with E-state index in [-0.39, 0.29) is 5.41 Å². The molecule has 18 heavy (non-hydrogen) atoms. The van der Waals surface area contributed by atoms with Crippen molar-refractivity contribution in [3.05, 3.63) is 28.2 Å². The molecule has 1 aliphatic rings. The highest BCUT2D eigenvalue weighted by Crippen LogP contribution is 2.38. The summed E-state index contributed by atoms with van der Waals surface area (Å²) in [6.07, 6.45) is 3.89. The number of nitrogens with two attached hydrogens (primary N) is 1. The van der Waals surface area contributed by atoms with Crippen molar-refractivity contribution in [1.82, 2.24) is 0 Å². The molecule has 2 N–H and O–H groups in total. The van der Waals surface area contributed by atoms with E-state index in [9.17, 15) is 0 Å². The minimum absolute atomic E-state index is 0.0265. The van der Waals surface area contributed by atoms with E-state index in [4.69, 9.17) is 15.2 Å². The number of ether oxygens (including phenoxy) is 2. The van der Waals surface area contributed by atoms with E-state index >= 15 is 0 Å². The Morgan fingerprint density at radius 1 is 1.28 bits per heavy atom. The highest BCUT2D eigenvalue weighted by molar-refractivity contribution is 9.10. The van der Waals surface area contributed by atoms with E-state index in [1.54, 1.807) is 0 Å². The molecule has 1 aromatic rings. The molecule has 0 saturated carbocycles. The van der Waals surface area contributed by atoms with Crippen molar-refractivity contribution in [2.24, 2.45) is 11.1 Å². The summed E-state index contributed by atoms with van der Waals surface area (Å²) in [6, 6.07) is 3.93. The van der Waals surface area contributed by atoms with Crippen LogP contribution in [0.5, 0.6) is 11.5 Å². The predicted octanol–water partition coefficient (Wildman–Crippen LogP) is 3.22. The van der Waals surface area contributed by atoms with Crippen molar-refractivity contribution >= 4 is 22.0 Å². The summed E-state index contributed by atoms with van der Waals surface area (Å²) in [5, 5.41) is 0. The molecule has 1 heterocycles. The van der Waals surface area contributed by atoms with Crippen LogP contribution in [-0.4, -0.2) is 19.8 Å². The molecule has 0 saturated heterocycles. The highest BCUT2D eigenvalue weighted by atomic mass is 79.9. The van der Waals surface area contributed by atoms with Crippen LogP contribution in [-0.2, 0) is 0 Å². The molecule has 0 spiro atoms. The van der Waals surface area contributed by atoms with E-state index in [1.807, 2.05) is 24.3 Å². The van der Waals surface area contributed by atoms with Crippen molar-refractivity contribution in [3.63, 3.8) is 0 Å². The second-order valence-electron chi connectivity index (χ2n) is 5.20. The predicted molar refractivity (Wildman–Crippen MR) is 77.0 cm³/mol. The number of hydrogen-bond donors (Lipinski definition) is 1. The van der Waals surface area contributed by atoms with Gasteiger partial charge in [-0.2, -0.15) is 0 Å². The lowest BCUT2D eigenvalue weighted by molar-refractivity contribution is 0.140. The van der Waals surface area contributed by atoms with Crippen LogP contribution in [0.1, 0.15) is 19.4 Å². The average Bonchev–Trinajstić information content (AvgIpc) is 2.46. The monoisotopic (exact) mass is 311 g/mol. The van der Waals surface area contributed by atoms with Crippen molar-refractivity contribution in [2.45, 2.75) is 13.8 Å². The lowest BCUT2D eigenvalue weighted by Gasteiger charge is -2.19. The molecule has 2 rings (SSSR count). The van der Waals surface area contributed by atoms with Gasteiger partial charge in [0.1, 0.15) is 0 Å². The van der Waals surface area contributed by atoms with Gasteiger partial charge in [-0.05, 0) is 17.7 Å². The Hall–Kier alpha value is -1.00. The zero-order chi connectivity index (χ0) is 13.2. The topological polar surface area (TPSA) is 44.5 Å². The van der Waals surface area contributed by atoms with Crippen LogP contribution in [0, 0.1) is 5.41 Å². The first kappa shape index (κ1) is 13.4. The van der Waals surface area contributed by atoms with Crippen LogP contribution in [0.4, 0.5) is 0 Å². The van der Waals surface area contributed by atoms with Crippen molar-refractivity contribution < 1.29 is 9.47 Å². The van der Waals surface area contributed by atoms with E-state index < -0.39 is 0 Å². The molecule has 1 aliphatic heterocycles. The van der Waals surface area contributed by atoms with E-state index in [0.29, 0.717) is 19.8 Å². The normalized spacial score (nSPS) is 17.8. The molecule has 0 unspecified atom stereocenters. The van der Waals surface area contributed by atoms with Crippen molar-refractivity contribution in [2.75, 3.05) is 19.8 Å². The van der Waals surface area contributed by atoms with Gasteiger partial charge in [-0.15, -0.1) is 0 Å². The Balaban J connectivity index is 2.32. The Bertz CT molecular complexity index is 469. The van der Waals surface area contributed by atoms with Crippen LogP contribution < -0.4 is 15.2 Å². The van der Waals surface area contributed by atoms with Gasteiger partial charge in [-0.1, -0.05) is 41.9 Å². The average molecular weight is 312 g/mol. The minimum Gasteiger partial charge on any atom is -0.489 e. The fourth-order valence-electron chi connectivity index (χ4n) is 1.69. The first-order valence-corrected chi connectivity index (χ1v) is 6.77. The third kappa shape index (κ3) is 3.06. The Labute approximate surface area is 116 Å². The Kier molecular flexibility index (Phi) is 3.97. The van der Waals surface area contributed by atoms with Crippen molar-refractivity contribution in [1.29, 1.82) is 0 Å². The first-order chi connectivity index (χ1) is 8.52. The number of hydrogen-bond acceptors (Lipinski definition) is 3. The molecule has 0 amide bonds. The number of benzene rings is 1. The third-order valence-corrected chi connectivity index (χ3v) is 3.42. The molecule has 0 radical (unpaired) electrons. The quantitative estimate of drug-likeness (QED) is 0.912. The van der Waals surface area contributed by atoms with Gasteiger partial charge < -0.3 is 15.2 Å². The molecule has 0 aliphatic carbocycles. The van der Waals surface area contributed by atoms with Gasteiger partial charge in [-0.25, -0.2) is 0 Å². The van der Waals surface area contributed by atoms with Gasteiger partial charge in [0.05, 0.1) is 13.2 Å².